The second kappa shape index (κ2) is 4.97. The van der Waals surface area contributed by atoms with Crippen LogP contribution in [0, 0.1) is 0 Å². The van der Waals surface area contributed by atoms with E-state index in [0.717, 1.165) is 10.9 Å². The molecule has 3 nitrogen and oxygen atoms in total. The van der Waals surface area contributed by atoms with Crippen LogP contribution in [0.2, 0.25) is 0 Å². The minimum atomic E-state index is -0.176. The lowest BCUT2D eigenvalue weighted by atomic mass is 10.1. The Bertz CT molecular complexity index is 575. The van der Waals surface area contributed by atoms with Crippen molar-refractivity contribution in [3.63, 3.8) is 0 Å². The van der Waals surface area contributed by atoms with E-state index in [-0.39, 0.29) is 12.5 Å². The molecule has 1 aromatic heterocycles. The van der Waals surface area contributed by atoms with Crippen molar-refractivity contribution in [3.8, 4) is 0 Å². The smallest absolute Gasteiger partial charge is 0.252 e. The summed E-state index contributed by atoms with van der Waals surface area (Å²) in [7, 11) is 0. The molecule has 0 aliphatic heterocycles. The molecule has 0 spiro atoms. The molecule has 2 aromatic rings. The molecule has 0 atom stereocenters. The topological polar surface area (TPSA) is 42.0 Å². The zero-order chi connectivity index (χ0) is 12.3. The molecular formula is C13H11ClN2O. The summed E-state index contributed by atoms with van der Waals surface area (Å²) in [5.74, 6) is -0.176. The number of amides is 1. The third-order valence-corrected chi connectivity index (χ3v) is 2.46. The molecule has 0 bridgehead atoms. The van der Waals surface area contributed by atoms with E-state index in [1.165, 1.54) is 0 Å². The molecule has 1 heterocycles. The van der Waals surface area contributed by atoms with Crippen LogP contribution in [-0.4, -0.2) is 17.4 Å². The van der Waals surface area contributed by atoms with Gasteiger partial charge >= 0.3 is 0 Å². The van der Waals surface area contributed by atoms with Crippen LogP contribution in [0.1, 0.15) is 10.4 Å². The highest BCUT2D eigenvalue weighted by molar-refractivity contribution is 6.29. The summed E-state index contributed by atoms with van der Waals surface area (Å²) in [5, 5.41) is 3.92. The zero-order valence-electron chi connectivity index (χ0n) is 9.11. The first kappa shape index (κ1) is 11.6. The minimum Gasteiger partial charge on any atom is -0.347 e. The van der Waals surface area contributed by atoms with Crippen molar-refractivity contribution in [3.05, 3.63) is 53.7 Å². The second-order valence-corrected chi connectivity index (χ2v) is 4.11. The number of benzene rings is 1. The zero-order valence-corrected chi connectivity index (χ0v) is 9.87. The van der Waals surface area contributed by atoms with Crippen molar-refractivity contribution in [1.29, 1.82) is 0 Å². The lowest BCUT2D eigenvalue weighted by Crippen LogP contribution is -2.24. The Labute approximate surface area is 104 Å². The summed E-state index contributed by atoms with van der Waals surface area (Å²) < 4.78 is 0. The molecule has 4 heteroatoms. The third-order valence-electron chi connectivity index (χ3n) is 2.33. The van der Waals surface area contributed by atoms with E-state index < -0.39 is 0 Å². The summed E-state index contributed by atoms with van der Waals surface area (Å²) >= 11 is 5.61. The lowest BCUT2D eigenvalue weighted by molar-refractivity contribution is 0.0959. The van der Waals surface area contributed by atoms with E-state index in [9.17, 15) is 4.79 Å². The number of carbonyl (C=O) groups excluding carboxylic acids is 1. The highest BCUT2D eigenvalue weighted by Gasteiger charge is 2.09. The number of carbonyl (C=O) groups is 1. The standard InChI is InChI=1S/C13H11ClN2O/c1-9(14)8-16-13(17)11-4-2-6-12-10(11)5-3-7-15-12/h2-7H,1,8H2,(H,16,17). The Morgan fingerprint density at radius 3 is 2.94 bits per heavy atom. The molecule has 0 saturated carbocycles. The van der Waals surface area contributed by atoms with Crippen LogP contribution in [0.15, 0.2) is 48.1 Å². The molecule has 0 fully saturated rings. The van der Waals surface area contributed by atoms with Crippen molar-refractivity contribution < 1.29 is 4.79 Å². The van der Waals surface area contributed by atoms with E-state index >= 15 is 0 Å². The van der Waals surface area contributed by atoms with Crippen LogP contribution in [0.5, 0.6) is 0 Å². The van der Waals surface area contributed by atoms with Gasteiger partial charge in [0, 0.05) is 22.2 Å². The molecule has 0 aliphatic carbocycles. The normalized spacial score (nSPS) is 10.2. The van der Waals surface area contributed by atoms with Gasteiger partial charge in [0.25, 0.3) is 5.91 Å². The van der Waals surface area contributed by atoms with Crippen molar-refractivity contribution in [1.82, 2.24) is 10.3 Å². The summed E-state index contributed by atoms with van der Waals surface area (Å²) in [6.45, 7) is 3.78. The average molecular weight is 247 g/mol. The van der Waals surface area contributed by atoms with Crippen LogP contribution in [0.4, 0.5) is 0 Å². The predicted octanol–water partition coefficient (Wildman–Crippen LogP) is 2.72. The fourth-order valence-corrected chi connectivity index (χ4v) is 1.64. The third kappa shape index (κ3) is 2.63. The summed E-state index contributed by atoms with van der Waals surface area (Å²) in [6.07, 6.45) is 1.70. The molecule has 0 saturated heterocycles. The number of nitrogens with one attached hydrogen (secondary N) is 1. The first-order valence-corrected chi connectivity index (χ1v) is 5.51. The number of hydrogen-bond donors (Lipinski definition) is 1. The Hall–Kier alpha value is -1.87. The van der Waals surface area contributed by atoms with Crippen LogP contribution < -0.4 is 5.32 Å². The number of halogens is 1. The number of rotatable bonds is 3. The van der Waals surface area contributed by atoms with E-state index in [0.29, 0.717) is 10.6 Å². The van der Waals surface area contributed by atoms with Gasteiger partial charge < -0.3 is 5.32 Å². The van der Waals surface area contributed by atoms with Gasteiger partial charge in [0.05, 0.1) is 12.1 Å². The van der Waals surface area contributed by atoms with Crippen LogP contribution >= 0.6 is 11.6 Å². The Morgan fingerprint density at radius 1 is 1.35 bits per heavy atom. The van der Waals surface area contributed by atoms with Gasteiger partial charge in [-0.25, -0.2) is 0 Å². The quantitative estimate of drug-likeness (QED) is 0.905. The number of aromatic nitrogens is 1. The molecule has 1 aromatic carbocycles. The van der Waals surface area contributed by atoms with Gasteiger partial charge in [-0.2, -0.15) is 0 Å². The predicted molar refractivity (Wildman–Crippen MR) is 69.1 cm³/mol. The maximum absolute atomic E-state index is 11.9. The van der Waals surface area contributed by atoms with E-state index in [1.807, 2.05) is 12.1 Å². The SMILES string of the molecule is C=C(Cl)CNC(=O)c1cccc2ncccc12. The van der Waals surface area contributed by atoms with E-state index in [2.05, 4.69) is 16.9 Å². The number of hydrogen-bond acceptors (Lipinski definition) is 2. The molecule has 17 heavy (non-hydrogen) atoms. The van der Waals surface area contributed by atoms with Crippen LogP contribution in [-0.2, 0) is 0 Å². The van der Waals surface area contributed by atoms with Crippen molar-refractivity contribution in [2.75, 3.05) is 6.54 Å². The minimum absolute atomic E-state index is 0.176. The van der Waals surface area contributed by atoms with Crippen molar-refractivity contribution in [2.45, 2.75) is 0 Å². The van der Waals surface area contributed by atoms with Crippen LogP contribution in [0.3, 0.4) is 0 Å². The van der Waals surface area contributed by atoms with Gasteiger partial charge in [0.15, 0.2) is 0 Å². The van der Waals surface area contributed by atoms with Crippen LogP contribution in [0.25, 0.3) is 10.9 Å². The summed E-state index contributed by atoms with van der Waals surface area (Å²) in [5.41, 5.74) is 1.39. The molecule has 0 radical (unpaired) electrons. The fraction of sp³-hybridized carbons (Fsp3) is 0.0769. The summed E-state index contributed by atoms with van der Waals surface area (Å²) in [6, 6.07) is 9.11. The van der Waals surface area contributed by atoms with Gasteiger partial charge in [-0.05, 0) is 18.2 Å². The highest BCUT2D eigenvalue weighted by atomic mass is 35.5. The first-order valence-electron chi connectivity index (χ1n) is 5.13. The van der Waals surface area contributed by atoms with Gasteiger partial charge in [0.2, 0.25) is 0 Å². The Morgan fingerprint density at radius 2 is 2.18 bits per heavy atom. The van der Waals surface area contributed by atoms with Gasteiger partial charge in [-0.3, -0.25) is 9.78 Å². The number of pyridine rings is 1. The fourth-order valence-electron chi connectivity index (χ4n) is 1.57. The lowest BCUT2D eigenvalue weighted by Gasteiger charge is -2.06. The van der Waals surface area contributed by atoms with Gasteiger partial charge in [0.1, 0.15) is 0 Å². The molecule has 0 aliphatic rings. The number of nitrogens with zero attached hydrogens (tertiary/aromatic N) is 1. The molecular weight excluding hydrogens is 236 g/mol. The van der Waals surface area contributed by atoms with Crippen molar-refractivity contribution >= 4 is 28.4 Å². The van der Waals surface area contributed by atoms with Crippen molar-refractivity contribution in [2.24, 2.45) is 0 Å². The number of fused-ring (bicyclic) bond motifs is 1. The first-order chi connectivity index (χ1) is 8.18. The molecule has 1 amide bonds. The molecule has 86 valence electrons. The molecule has 2 rings (SSSR count). The highest BCUT2D eigenvalue weighted by Crippen LogP contribution is 2.16. The maximum atomic E-state index is 11.9. The van der Waals surface area contributed by atoms with Gasteiger partial charge in [-0.1, -0.05) is 30.3 Å². The molecule has 0 unspecified atom stereocenters. The average Bonchev–Trinajstić information content (AvgIpc) is 2.35. The monoisotopic (exact) mass is 246 g/mol. The van der Waals surface area contributed by atoms with Gasteiger partial charge in [-0.15, -0.1) is 0 Å². The van der Waals surface area contributed by atoms with E-state index in [1.54, 1.807) is 24.4 Å². The van der Waals surface area contributed by atoms with E-state index in [4.69, 9.17) is 11.6 Å². The Balaban J connectivity index is 2.35. The maximum Gasteiger partial charge on any atom is 0.252 e. The second-order valence-electron chi connectivity index (χ2n) is 3.58. The Kier molecular flexibility index (Phi) is 3.40. The summed E-state index contributed by atoms with van der Waals surface area (Å²) in [4.78, 5) is 16.1. The molecule has 1 N–H and O–H groups in total. The largest absolute Gasteiger partial charge is 0.347 e.